The summed E-state index contributed by atoms with van der Waals surface area (Å²) in [5, 5.41) is 14.7. The summed E-state index contributed by atoms with van der Waals surface area (Å²) in [5.74, 6) is 0.627. The van der Waals surface area contributed by atoms with Crippen molar-refractivity contribution >= 4 is 35.2 Å². The summed E-state index contributed by atoms with van der Waals surface area (Å²) in [5.41, 5.74) is 0.0757. The van der Waals surface area contributed by atoms with Crippen LogP contribution in [0.2, 0.25) is 0 Å². The molecule has 0 aliphatic rings. The van der Waals surface area contributed by atoms with E-state index in [9.17, 15) is 13.6 Å². The van der Waals surface area contributed by atoms with Crippen LogP contribution in [-0.4, -0.2) is 55.8 Å². The monoisotopic (exact) mass is 423 g/mol. The highest BCUT2D eigenvalue weighted by atomic mass is 32.2. The molecule has 2 N–H and O–H groups in total. The Balaban J connectivity index is 1.83. The van der Waals surface area contributed by atoms with Crippen molar-refractivity contribution in [3.05, 3.63) is 29.8 Å². The molecule has 0 radical (unpaired) electrons. The maximum atomic E-state index is 12.6. The van der Waals surface area contributed by atoms with Crippen LogP contribution < -0.4 is 15.4 Å². The quantitative estimate of drug-likeness (QED) is 0.376. The van der Waals surface area contributed by atoms with Crippen molar-refractivity contribution in [2.75, 3.05) is 29.5 Å². The highest BCUT2D eigenvalue weighted by Gasteiger charge is 2.19. The fourth-order valence-electron chi connectivity index (χ4n) is 2.50. The normalized spacial score (nSPS) is 11.1. The van der Waals surface area contributed by atoms with Crippen molar-refractivity contribution < 1.29 is 18.3 Å². The summed E-state index contributed by atoms with van der Waals surface area (Å²) < 4.78 is 31.2. The average Bonchev–Trinajstić information content (AvgIpc) is 3.10. The van der Waals surface area contributed by atoms with E-state index in [1.165, 1.54) is 18.2 Å². The lowest BCUT2D eigenvalue weighted by Crippen LogP contribution is -2.12. The van der Waals surface area contributed by atoms with E-state index in [4.69, 9.17) is 0 Å². The van der Waals surface area contributed by atoms with Crippen molar-refractivity contribution in [3.63, 3.8) is 0 Å². The Bertz CT molecular complexity index is 999. The Morgan fingerprint density at radius 2 is 1.93 bits per heavy atom. The van der Waals surface area contributed by atoms with Gasteiger partial charge in [-0.05, 0) is 26.0 Å². The van der Waals surface area contributed by atoms with Crippen molar-refractivity contribution in [1.29, 1.82) is 0 Å². The Morgan fingerprint density at radius 3 is 2.66 bits per heavy atom. The molecular formula is C17H19F2N7O2S. The van der Waals surface area contributed by atoms with Crippen LogP contribution in [0.15, 0.2) is 29.4 Å². The van der Waals surface area contributed by atoms with Crippen LogP contribution in [-0.2, 0) is 0 Å². The number of nitrogens with one attached hydrogen (secondary N) is 2. The molecule has 0 fully saturated rings. The molecule has 0 aliphatic carbocycles. The van der Waals surface area contributed by atoms with Gasteiger partial charge < -0.3 is 15.4 Å². The van der Waals surface area contributed by atoms with Gasteiger partial charge in [0.25, 0.3) is 5.78 Å². The number of nitrogens with zero attached hydrogens (tertiary/aromatic N) is 5. The van der Waals surface area contributed by atoms with E-state index < -0.39 is 6.61 Å². The highest BCUT2D eigenvalue weighted by molar-refractivity contribution is 7.99. The topological polar surface area (TPSA) is 106 Å². The summed E-state index contributed by atoms with van der Waals surface area (Å²) in [4.78, 5) is 21.2. The van der Waals surface area contributed by atoms with E-state index in [2.05, 4.69) is 35.5 Å². The average molecular weight is 423 g/mol. The smallest absolute Gasteiger partial charge is 0.387 e. The number of para-hydroxylation sites is 1. The van der Waals surface area contributed by atoms with E-state index in [1.54, 1.807) is 10.5 Å². The zero-order valence-electron chi connectivity index (χ0n) is 15.7. The zero-order chi connectivity index (χ0) is 20.8. The number of carbonyl (C=O) groups excluding carboxylic acids is 1. The molecule has 2 heterocycles. The van der Waals surface area contributed by atoms with E-state index in [0.717, 1.165) is 11.8 Å². The molecule has 0 saturated carbocycles. The maximum absolute atomic E-state index is 12.6. The maximum Gasteiger partial charge on any atom is 0.387 e. The number of aromatic nitrogens is 5. The summed E-state index contributed by atoms with van der Waals surface area (Å²) in [6.07, 6.45) is 0. The van der Waals surface area contributed by atoms with Gasteiger partial charge in [-0.25, -0.2) is 4.40 Å². The molecule has 0 saturated heterocycles. The number of carbonyl (C=O) groups is 1. The van der Waals surface area contributed by atoms with Crippen LogP contribution >= 0.6 is 11.8 Å². The molecule has 154 valence electrons. The van der Waals surface area contributed by atoms with Gasteiger partial charge in [0.1, 0.15) is 5.75 Å². The molecule has 0 atom stereocenters. The first-order valence-electron chi connectivity index (χ1n) is 8.84. The summed E-state index contributed by atoms with van der Waals surface area (Å²) >= 11 is 1.10. The van der Waals surface area contributed by atoms with E-state index in [-0.39, 0.29) is 22.8 Å². The fourth-order valence-corrected chi connectivity index (χ4v) is 3.31. The van der Waals surface area contributed by atoms with E-state index in [0.29, 0.717) is 35.9 Å². The molecule has 0 aliphatic heterocycles. The van der Waals surface area contributed by atoms with Gasteiger partial charge in [0.05, 0.1) is 11.3 Å². The van der Waals surface area contributed by atoms with Crippen molar-refractivity contribution in [3.8, 4) is 5.75 Å². The second kappa shape index (κ2) is 9.45. The lowest BCUT2D eigenvalue weighted by Gasteiger charge is -2.10. The molecule has 0 unspecified atom stereocenters. The predicted octanol–water partition coefficient (Wildman–Crippen LogP) is 2.96. The number of benzene rings is 1. The van der Waals surface area contributed by atoms with Gasteiger partial charge in [-0.15, -0.1) is 10.2 Å². The van der Waals surface area contributed by atoms with Gasteiger partial charge in [0, 0.05) is 13.1 Å². The number of anilines is 2. The molecule has 1 aromatic carbocycles. The number of Topliss-reactive ketones (excluding diaryl/α,β-unsaturated/α-hetero) is 1. The highest BCUT2D eigenvalue weighted by Crippen LogP contribution is 2.25. The van der Waals surface area contributed by atoms with Crippen molar-refractivity contribution in [1.82, 2.24) is 24.6 Å². The number of halogens is 2. The molecule has 3 aromatic rings. The van der Waals surface area contributed by atoms with E-state index in [1.807, 2.05) is 13.8 Å². The molecular weight excluding hydrogens is 404 g/mol. The Hall–Kier alpha value is -3.02. The van der Waals surface area contributed by atoms with Crippen LogP contribution in [0.3, 0.4) is 0 Å². The molecule has 3 rings (SSSR count). The molecule has 2 aromatic heterocycles. The Labute approximate surface area is 169 Å². The molecule has 12 heteroatoms. The number of hydrogen-bond donors (Lipinski definition) is 2. The second-order valence-electron chi connectivity index (χ2n) is 5.64. The first-order valence-corrected chi connectivity index (χ1v) is 9.82. The third kappa shape index (κ3) is 4.88. The number of thioether (sulfide) groups is 1. The third-order valence-corrected chi connectivity index (χ3v) is 4.58. The predicted molar refractivity (Wildman–Crippen MR) is 105 cm³/mol. The number of fused-ring (bicyclic) bond motifs is 1. The van der Waals surface area contributed by atoms with Gasteiger partial charge in [-0.3, -0.25) is 4.79 Å². The van der Waals surface area contributed by atoms with Gasteiger partial charge in [0.2, 0.25) is 11.9 Å². The molecule has 0 amide bonds. The lowest BCUT2D eigenvalue weighted by atomic mass is 10.1. The van der Waals surface area contributed by atoms with Crippen LogP contribution in [0.4, 0.5) is 20.7 Å². The van der Waals surface area contributed by atoms with Gasteiger partial charge in [0.15, 0.2) is 10.9 Å². The summed E-state index contributed by atoms with van der Waals surface area (Å²) in [7, 11) is 0. The van der Waals surface area contributed by atoms with Crippen LogP contribution in [0.5, 0.6) is 5.75 Å². The molecule has 0 bridgehead atoms. The molecule has 9 nitrogen and oxygen atoms in total. The molecule has 0 spiro atoms. The summed E-state index contributed by atoms with van der Waals surface area (Å²) in [6.45, 7) is 2.08. The van der Waals surface area contributed by atoms with Crippen molar-refractivity contribution in [2.24, 2.45) is 0 Å². The van der Waals surface area contributed by atoms with Crippen LogP contribution in [0.25, 0.3) is 5.78 Å². The van der Waals surface area contributed by atoms with Gasteiger partial charge in [-0.2, -0.15) is 18.7 Å². The fraction of sp³-hybridized carbons (Fsp3) is 0.353. The summed E-state index contributed by atoms with van der Waals surface area (Å²) in [6, 6.07) is 5.88. The third-order valence-electron chi connectivity index (χ3n) is 3.65. The standard InChI is InChI=1S/C17H19F2N7O2S/c1-3-20-14-22-15(21-4-2)26-16(23-14)24-25-17(26)29-9-11(27)10-7-5-6-8-12(10)28-13(18)19/h5-8,13H,3-4,9H2,1-2H3,(H2,20,21,22,23,24). The first kappa shape index (κ1) is 20.7. The minimum atomic E-state index is -3.01. The first-order chi connectivity index (χ1) is 14.0. The largest absolute Gasteiger partial charge is 0.434 e. The number of alkyl halides is 2. The minimum Gasteiger partial charge on any atom is -0.434 e. The number of ether oxygens (including phenoxy) is 1. The lowest BCUT2D eigenvalue weighted by molar-refractivity contribution is -0.0501. The van der Waals surface area contributed by atoms with Crippen LogP contribution in [0.1, 0.15) is 24.2 Å². The number of ketones is 1. The zero-order valence-corrected chi connectivity index (χ0v) is 16.5. The molecule has 29 heavy (non-hydrogen) atoms. The van der Waals surface area contributed by atoms with Gasteiger partial charge in [-0.1, -0.05) is 23.9 Å². The van der Waals surface area contributed by atoms with Gasteiger partial charge >= 0.3 is 6.61 Å². The van der Waals surface area contributed by atoms with E-state index >= 15 is 0 Å². The minimum absolute atomic E-state index is 0.0507. The Morgan fingerprint density at radius 1 is 1.17 bits per heavy atom. The number of rotatable bonds is 10. The van der Waals surface area contributed by atoms with Crippen LogP contribution in [0, 0.1) is 0 Å². The van der Waals surface area contributed by atoms with Crippen molar-refractivity contribution in [2.45, 2.75) is 25.6 Å². The number of hydrogen-bond acceptors (Lipinski definition) is 9. The Kier molecular flexibility index (Phi) is 6.75. The SMILES string of the molecule is CCNc1nc(NCC)n2c(SCC(=O)c3ccccc3OC(F)F)nnc2n1. The second-order valence-corrected chi connectivity index (χ2v) is 6.58.